The third kappa shape index (κ3) is 5.74. The number of hydrogen-bond acceptors (Lipinski definition) is 4. The predicted molar refractivity (Wildman–Crippen MR) is 130 cm³/mol. The molecule has 3 aromatic rings. The number of halogens is 2. The minimum absolute atomic E-state index is 0.292. The Kier molecular flexibility index (Phi) is 7.10. The molecule has 0 spiro atoms. The van der Waals surface area contributed by atoms with Crippen molar-refractivity contribution in [3.63, 3.8) is 0 Å². The molecule has 0 saturated carbocycles. The first kappa shape index (κ1) is 22.4. The molecule has 31 heavy (non-hydrogen) atoms. The maximum absolute atomic E-state index is 6.18. The number of piperidine rings is 1. The monoisotopic (exact) mass is 459 g/mol. The van der Waals surface area contributed by atoms with Crippen LogP contribution in [0.3, 0.4) is 0 Å². The summed E-state index contributed by atoms with van der Waals surface area (Å²) in [4.78, 5) is 7.19. The van der Waals surface area contributed by atoms with Gasteiger partial charge in [-0.3, -0.25) is 0 Å². The van der Waals surface area contributed by atoms with Gasteiger partial charge in [-0.15, -0.1) is 0 Å². The summed E-state index contributed by atoms with van der Waals surface area (Å²) in [5.74, 6) is 1.17. The molecule has 1 N–H and O–H groups in total. The molecule has 1 aliphatic rings. The van der Waals surface area contributed by atoms with E-state index in [0.717, 1.165) is 37.2 Å². The van der Waals surface area contributed by atoms with Crippen LogP contribution in [-0.2, 0) is 6.42 Å². The number of rotatable bonds is 7. The normalized spacial score (nSPS) is 16.8. The molecule has 1 atom stereocenters. The Hall–Kier alpha value is -1.75. The highest BCUT2D eigenvalue weighted by Gasteiger charge is 2.24. The number of oxazole rings is 1. The number of benzene rings is 2. The molecule has 0 unspecified atom stereocenters. The first-order valence-electron chi connectivity index (χ1n) is 11.2. The molecule has 4 rings (SSSR count). The fourth-order valence-electron chi connectivity index (χ4n) is 4.33. The average molecular weight is 460 g/mol. The van der Waals surface area contributed by atoms with Crippen molar-refractivity contribution in [3.05, 3.63) is 57.6 Å². The number of anilines is 1. The zero-order chi connectivity index (χ0) is 22.0. The summed E-state index contributed by atoms with van der Waals surface area (Å²) in [6.07, 6.45) is 3.47. The van der Waals surface area contributed by atoms with E-state index in [1.165, 1.54) is 24.0 Å². The van der Waals surface area contributed by atoms with E-state index in [1.807, 2.05) is 24.3 Å². The summed E-state index contributed by atoms with van der Waals surface area (Å²) in [5, 5.41) is 4.83. The van der Waals surface area contributed by atoms with Gasteiger partial charge in [0.05, 0.1) is 10.0 Å². The second-order valence-corrected chi connectivity index (χ2v) is 10.00. The van der Waals surface area contributed by atoms with E-state index in [9.17, 15) is 0 Å². The maximum atomic E-state index is 6.18. The van der Waals surface area contributed by atoms with Gasteiger partial charge in [0.2, 0.25) is 0 Å². The van der Waals surface area contributed by atoms with Crippen LogP contribution in [0.25, 0.3) is 11.1 Å². The summed E-state index contributed by atoms with van der Waals surface area (Å²) >= 11 is 12.2. The SMILES string of the molecule is Cc1ccc2nc(N[C@@H](CN3CCC(Cc4ccc(Cl)c(Cl)c4)CC3)C(C)C)oc2c1. The molecule has 0 bridgehead atoms. The summed E-state index contributed by atoms with van der Waals surface area (Å²) in [6, 6.07) is 13.0. The average Bonchev–Trinajstić information content (AvgIpc) is 3.13. The number of likely N-dealkylation sites (tertiary alicyclic amines) is 1. The molecule has 1 aliphatic heterocycles. The third-order valence-corrected chi connectivity index (χ3v) is 7.07. The Balaban J connectivity index is 1.32. The number of aromatic nitrogens is 1. The fraction of sp³-hybridized carbons (Fsp3) is 0.480. The van der Waals surface area contributed by atoms with Gasteiger partial charge in [0.15, 0.2) is 5.58 Å². The first-order chi connectivity index (χ1) is 14.9. The molecule has 0 amide bonds. The second kappa shape index (κ2) is 9.81. The predicted octanol–water partition coefficient (Wildman–Crippen LogP) is 6.83. The summed E-state index contributed by atoms with van der Waals surface area (Å²) in [6.45, 7) is 9.79. The molecule has 1 saturated heterocycles. The first-order valence-corrected chi connectivity index (χ1v) is 11.9. The lowest BCUT2D eigenvalue weighted by atomic mass is 9.89. The van der Waals surface area contributed by atoms with E-state index in [0.29, 0.717) is 33.9 Å². The highest BCUT2D eigenvalue weighted by atomic mass is 35.5. The zero-order valence-corrected chi connectivity index (χ0v) is 20.0. The van der Waals surface area contributed by atoms with Crippen LogP contribution in [0.5, 0.6) is 0 Å². The van der Waals surface area contributed by atoms with Crippen molar-refractivity contribution in [1.29, 1.82) is 0 Å². The molecule has 6 heteroatoms. The Morgan fingerprint density at radius 1 is 1.10 bits per heavy atom. The van der Waals surface area contributed by atoms with Crippen LogP contribution in [0.4, 0.5) is 6.01 Å². The van der Waals surface area contributed by atoms with Crippen LogP contribution in [0.2, 0.25) is 10.0 Å². The number of nitrogens with one attached hydrogen (secondary N) is 1. The molecule has 2 aromatic carbocycles. The highest BCUT2D eigenvalue weighted by Crippen LogP contribution is 2.28. The van der Waals surface area contributed by atoms with E-state index in [-0.39, 0.29) is 0 Å². The molecule has 1 fully saturated rings. The van der Waals surface area contributed by atoms with E-state index in [2.05, 4.69) is 48.1 Å². The van der Waals surface area contributed by atoms with Crippen LogP contribution in [-0.4, -0.2) is 35.6 Å². The summed E-state index contributed by atoms with van der Waals surface area (Å²) < 4.78 is 5.96. The highest BCUT2D eigenvalue weighted by molar-refractivity contribution is 6.42. The Morgan fingerprint density at radius 2 is 1.87 bits per heavy atom. The Morgan fingerprint density at radius 3 is 2.58 bits per heavy atom. The van der Waals surface area contributed by atoms with E-state index < -0.39 is 0 Å². The maximum Gasteiger partial charge on any atom is 0.295 e. The summed E-state index contributed by atoms with van der Waals surface area (Å²) in [7, 11) is 0. The lowest BCUT2D eigenvalue weighted by Gasteiger charge is -2.35. The second-order valence-electron chi connectivity index (χ2n) is 9.18. The fourth-order valence-corrected chi connectivity index (χ4v) is 4.65. The van der Waals surface area contributed by atoms with E-state index in [1.54, 1.807) is 0 Å². The minimum atomic E-state index is 0.292. The van der Waals surface area contributed by atoms with Gasteiger partial charge in [0, 0.05) is 12.6 Å². The van der Waals surface area contributed by atoms with Crippen molar-refractivity contribution >= 4 is 40.3 Å². The van der Waals surface area contributed by atoms with Crippen molar-refractivity contribution in [2.45, 2.75) is 46.1 Å². The standard InChI is InChI=1S/C25H31Cl2N3O/c1-16(2)23(29-25-28-22-7-4-17(3)12-24(22)31-25)15-30-10-8-18(9-11-30)13-19-5-6-20(26)21(27)14-19/h4-7,12,14,16,18,23H,8-11,13,15H2,1-3H3,(H,28,29)/t23-/m0/s1. The molecule has 166 valence electrons. The van der Waals surface area contributed by atoms with E-state index in [4.69, 9.17) is 27.6 Å². The van der Waals surface area contributed by atoms with Crippen molar-refractivity contribution in [1.82, 2.24) is 9.88 Å². The van der Waals surface area contributed by atoms with Gasteiger partial charge in [-0.05, 0) is 86.5 Å². The lowest BCUT2D eigenvalue weighted by Crippen LogP contribution is -2.43. The quantitative estimate of drug-likeness (QED) is 0.419. The Labute approximate surface area is 194 Å². The van der Waals surface area contributed by atoms with Crippen molar-refractivity contribution in [2.75, 3.05) is 25.0 Å². The molecule has 1 aromatic heterocycles. The lowest BCUT2D eigenvalue weighted by molar-refractivity contribution is 0.169. The van der Waals surface area contributed by atoms with Gasteiger partial charge in [0.1, 0.15) is 5.52 Å². The van der Waals surface area contributed by atoms with Gasteiger partial charge in [-0.2, -0.15) is 4.98 Å². The van der Waals surface area contributed by atoms with Gasteiger partial charge in [0.25, 0.3) is 6.01 Å². The Bertz CT molecular complexity index is 1020. The smallest absolute Gasteiger partial charge is 0.295 e. The third-order valence-electron chi connectivity index (χ3n) is 6.33. The topological polar surface area (TPSA) is 41.3 Å². The van der Waals surface area contributed by atoms with Crippen molar-refractivity contribution in [2.24, 2.45) is 11.8 Å². The van der Waals surface area contributed by atoms with Crippen molar-refractivity contribution in [3.8, 4) is 0 Å². The molecule has 0 radical (unpaired) electrons. The van der Waals surface area contributed by atoms with Crippen LogP contribution in [0.1, 0.15) is 37.8 Å². The van der Waals surface area contributed by atoms with Gasteiger partial charge < -0.3 is 14.6 Å². The van der Waals surface area contributed by atoms with Crippen LogP contribution in [0.15, 0.2) is 40.8 Å². The number of hydrogen-bond donors (Lipinski definition) is 1. The van der Waals surface area contributed by atoms with Gasteiger partial charge >= 0.3 is 0 Å². The van der Waals surface area contributed by atoms with E-state index >= 15 is 0 Å². The number of fused-ring (bicyclic) bond motifs is 1. The van der Waals surface area contributed by atoms with Crippen molar-refractivity contribution < 1.29 is 4.42 Å². The molecule has 2 heterocycles. The zero-order valence-electron chi connectivity index (χ0n) is 18.5. The minimum Gasteiger partial charge on any atom is -0.424 e. The number of aryl methyl sites for hydroxylation is 1. The van der Waals surface area contributed by atoms with Crippen LogP contribution in [0, 0.1) is 18.8 Å². The number of nitrogens with zero attached hydrogens (tertiary/aromatic N) is 2. The molecular weight excluding hydrogens is 429 g/mol. The van der Waals surface area contributed by atoms with Gasteiger partial charge in [-0.25, -0.2) is 0 Å². The molecule has 0 aliphatic carbocycles. The van der Waals surface area contributed by atoms with Crippen LogP contribution >= 0.6 is 23.2 Å². The van der Waals surface area contributed by atoms with Gasteiger partial charge in [-0.1, -0.05) is 49.2 Å². The summed E-state index contributed by atoms with van der Waals surface area (Å²) in [5.41, 5.74) is 4.20. The largest absolute Gasteiger partial charge is 0.424 e. The van der Waals surface area contributed by atoms with Crippen LogP contribution < -0.4 is 5.32 Å². The molecule has 4 nitrogen and oxygen atoms in total. The molecular formula is C25H31Cl2N3O.